The lowest BCUT2D eigenvalue weighted by molar-refractivity contribution is 0.100. The molecule has 6 nitrogen and oxygen atoms in total. The topological polar surface area (TPSA) is 82.7 Å². The molecule has 0 saturated carbocycles. The second kappa shape index (κ2) is 8.38. The van der Waals surface area contributed by atoms with Gasteiger partial charge in [0.2, 0.25) is 5.91 Å². The van der Waals surface area contributed by atoms with E-state index < -0.39 is 5.91 Å². The Hall–Kier alpha value is -3.02. The zero-order chi connectivity index (χ0) is 18.4. The zero-order valence-corrected chi connectivity index (χ0v) is 15.0. The summed E-state index contributed by atoms with van der Waals surface area (Å²) in [7, 11) is 1.77. The van der Waals surface area contributed by atoms with Gasteiger partial charge in [-0.3, -0.25) is 9.79 Å². The van der Waals surface area contributed by atoms with Gasteiger partial charge in [-0.2, -0.15) is 0 Å². The zero-order valence-electron chi connectivity index (χ0n) is 15.0. The summed E-state index contributed by atoms with van der Waals surface area (Å²) in [6.07, 6.45) is 1.07. The minimum absolute atomic E-state index is 0.360. The molecule has 1 aliphatic rings. The van der Waals surface area contributed by atoms with Gasteiger partial charge in [0.15, 0.2) is 5.96 Å². The number of nitrogens with two attached hydrogens (primary N) is 1. The molecular formula is C20H25N5O. The van der Waals surface area contributed by atoms with Crippen LogP contribution in [0.25, 0.3) is 0 Å². The number of rotatable bonds is 5. The van der Waals surface area contributed by atoms with Crippen LogP contribution in [0.4, 0.5) is 5.69 Å². The summed E-state index contributed by atoms with van der Waals surface area (Å²) >= 11 is 0. The van der Waals surface area contributed by atoms with Crippen LogP contribution >= 0.6 is 0 Å². The molecule has 0 spiro atoms. The highest BCUT2D eigenvalue weighted by Gasteiger charge is 2.23. The molecular weight excluding hydrogens is 326 g/mol. The first-order valence-corrected chi connectivity index (χ1v) is 8.81. The van der Waals surface area contributed by atoms with Gasteiger partial charge >= 0.3 is 0 Å². The van der Waals surface area contributed by atoms with Gasteiger partial charge in [0, 0.05) is 44.0 Å². The van der Waals surface area contributed by atoms with E-state index in [0.717, 1.165) is 31.0 Å². The number of primary amides is 1. The second-order valence-corrected chi connectivity index (χ2v) is 6.40. The third-order valence-corrected chi connectivity index (χ3v) is 4.57. The third-order valence-electron chi connectivity index (χ3n) is 4.57. The van der Waals surface area contributed by atoms with Crippen molar-refractivity contribution < 1.29 is 4.79 Å². The molecule has 1 fully saturated rings. The Morgan fingerprint density at radius 3 is 2.58 bits per heavy atom. The summed E-state index contributed by atoms with van der Waals surface area (Å²) < 4.78 is 0. The van der Waals surface area contributed by atoms with Gasteiger partial charge in [-0.25, -0.2) is 0 Å². The fourth-order valence-corrected chi connectivity index (χ4v) is 3.11. The number of carbonyl (C=O) groups is 1. The number of nitrogens with zero attached hydrogens (tertiary/aromatic N) is 2. The maximum absolute atomic E-state index is 11.1. The van der Waals surface area contributed by atoms with Crippen molar-refractivity contribution in [1.82, 2.24) is 10.6 Å². The number of amides is 1. The predicted octanol–water partition coefficient (Wildman–Crippen LogP) is 1.73. The summed E-state index contributed by atoms with van der Waals surface area (Å²) in [5.74, 6) is 0.370. The first kappa shape index (κ1) is 17.8. The van der Waals surface area contributed by atoms with Crippen molar-refractivity contribution in [2.75, 3.05) is 25.0 Å². The highest BCUT2D eigenvalue weighted by Crippen LogP contribution is 2.19. The van der Waals surface area contributed by atoms with Crippen LogP contribution < -0.4 is 21.3 Å². The maximum Gasteiger partial charge on any atom is 0.248 e. The van der Waals surface area contributed by atoms with Crippen LogP contribution in [-0.4, -0.2) is 38.0 Å². The quantitative estimate of drug-likeness (QED) is 0.566. The lowest BCUT2D eigenvalue weighted by Gasteiger charge is -2.20. The van der Waals surface area contributed by atoms with E-state index in [1.54, 1.807) is 19.2 Å². The molecule has 26 heavy (non-hydrogen) atoms. The van der Waals surface area contributed by atoms with Gasteiger partial charge in [0.05, 0.1) is 0 Å². The fraction of sp³-hybridized carbons (Fsp3) is 0.300. The number of aliphatic imine (C=N–C) groups is 1. The van der Waals surface area contributed by atoms with Crippen molar-refractivity contribution in [3.8, 4) is 0 Å². The van der Waals surface area contributed by atoms with Gasteiger partial charge in [0.25, 0.3) is 0 Å². The SMILES string of the molecule is CN=C(NCc1ccc(C(N)=O)cc1)NC1CCN(c2ccccc2)C1. The second-order valence-electron chi connectivity index (χ2n) is 6.40. The van der Waals surface area contributed by atoms with Crippen molar-refractivity contribution >= 4 is 17.6 Å². The van der Waals surface area contributed by atoms with Crippen molar-refractivity contribution in [3.63, 3.8) is 0 Å². The number of carbonyl (C=O) groups excluding carboxylic acids is 1. The largest absolute Gasteiger partial charge is 0.369 e. The Labute approximate surface area is 154 Å². The van der Waals surface area contributed by atoms with Crippen LogP contribution in [0.2, 0.25) is 0 Å². The molecule has 0 aliphatic carbocycles. The third kappa shape index (κ3) is 4.53. The molecule has 1 amide bonds. The van der Waals surface area contributed by atoms with E-state index in [4.69, 9.17) is 5.73 Å². The van der Waals surface area contributed by atoms with Crippen molar-refractivity contribution in [1.29, 1.82) is 0 Å². The van der Waals surface area contributed by atoms with Crippen molar-refractivity contribution in [2.45, 2.75) is 19.0 Å². The average molecular weight is 351 g/mol. The lowest BCUT2D eigenvalue weighted by atomic mass is 10.1. The van der Waals surface area contributed by atoms with Gasteiger partial charge in [-0.05, 0) is 36.2 Å². The molecule has 2 aromatic carbocycles. The number of hydrogen-bond donors (Lipinski definition) is 3. The Bertz CT molecular complexity index is 758. The lowest BCUT2D eigenvalue weighted by Crippen LogP contribution is -2.44. The van der Waals surface area contributed by atoms with E-state index in [0.29, 0.717) is 18.2 Å². The molecule has 3 rings (SSSR count). The molecule has 0 radical (unpaired) electrons. The minimum atomic E-state index is -0.411. The number of benzene rings is 2. The highest BCUT2D eigenvalue weighted by molar-refractivity contribution is 5.92. The van der Waals surface area contributed by atoms with Gasteiger partial charge < -0.3 is 21.3 Å². The monoisotopic (exact) mass is 351 g/mol. The molecule has 0 bridgehead atoms. The van der Waals surface area contributed by atoms with E-state index in [2.05, 4.69) is 44.8 Å². The van der Waals surface area contributed by atoms with E-state index >= 15 is 0 Å². The molecule has 0 aromatic heterocycles. The Morgan fingerprint density at radius 2 is 1.92 bits per heavy atom. The fourth-order valence-electron chi connectivity index (χ4n) is 3.11. The first-order chi connectivity index (χ1) is 12.7. The number of para-hydroxylation sites is 1. The summed E-state index contributed by atoms with van der Waals surface area (Å²) in [6.45, 7) is 2.62. The van der Waals surface area contributed by atoms with Crippen LogP contribution in [0.3, 0.4) is 0 Å². The number of anilines is 1. The van der Waals surface area contributed by atoms with Crippen LogP contribution in [-0.2, 0) is 6.54 Å². The van der Waals surface area contributed by atoms with Crippen molar-refractivity contribution in [2.24, 2.45) is 10.7 Å². The first-order valence-electron chi connectivity index (χ1n) is 8.81. The van der Waals surface area contributed by atoms with Crippen LogP contribution in [0, 0.1) is 0 Å². The minimum Gasteiger partial charge on any atom is -0.369 e. The molecule has 1 heterocycles. The van der Waals surface area contributed by atoms with E-state index in [9.17, 15) is 4.79 Å². The van der Waals surface area contributed by atoms with E-state index in [1.165, 1.54) is 5.69 Å². The van der Waals surface area contributed by atoms with Gasteiger partial charge in [-0.15, -0.1) is 0 Å². The van der Waals surface area contributed by atoms with Crippen LogP contribution in [0.5, 0.6) is 0 Å². The maximum atomic E-state index is 11.1. The van der Waals surface area contributed by atoms with E-state index in [-0.39, 0.29) is 0 Å². The standard InChI is InChI=1S/C20H25N5O/c1-22-20(23-13-15-7-9-16(10-8-15)19(21)26)24-17-11-12-25(14-17)18-5-3-2-4-6-18/h2-10,17H,11-14H2,1H3,(H2,21,26)(H2,22,23,24). The summed E-state index contributed by atoms with van der Waals surface area (Å²) in [4.78, 5) is 17.8. The van der Waals surface area contributed by atoms with Gasteiger partial charge in [-0.1, -0.05) is 30.3 Å². The van der Waals surface area contributed by atoms with Crippen molar-refractivity contribution in [3.05, 3.63) is 65.7 Å². The molecule has 1 atom stereocenters. The average Bonchev–Trinajstić information content (AvgIpc) is 3.14. The van der Waals surface area contributed by atoms with Crippen LogP contribution in [0.1, 0.15) is 22.3 Å². The van der Waals surface area contributed by atoms with Gasteiger partial charge in [0.1, 0.15) is 0 Å². The molecule has 4 N–H and O–H groups in total. The molecule has 6 heteroatoms. The molecule has 1 saturated heterocycles. The van der Waals surface area contributed by atoms with Crippen LogP contribution in [0.15, 0.2) is 59.6 Å². The Kier molecular flexibility index (Phi) is 5.73. The summed E-state index contributed by atoms with van der Waals surface area (Å²) in [5.41, 5.74) is 8.11. The normalized spacial score (nSPS) is 17.2. The molecule has 2 aromatic rings. The Morgan fingerprint density at radius 1 is 1.19 bits per heavy atom. The highest BCUT2D eigenvalue weighted by atomic mass is 16.1. The molecule has 1 aliphatic heterocycles. The molecule has 1 unspecified atom stereocenters. The predicted molar refractivity (Wildman–Crippen MR) is 105 cm³/mol. The smallest absolute Gasteiger partial charge is 0.248 e. The summed E-state index contributed by atoms with van der Waals surface area (Å²) in [6, 6.07) is 18.1. The number of nitrogens with one attached hydrogen (secondary N) is 2. The number of guanidine groups is 1. The summed E-state index contributed by atoms with van der Waals surface area (Å²) in [5, 5.41) is 6.81. The Balaban J connectivity index is 1.50. The number of hydrogen-bond acceptors (Lipinski definition) is 3. The molecule has 136 valence electrons. The van der Waals surface area contributed by atoms with E-state index in [1.807, 2.05) is 18.2 Å².